The Bertz CT molecular complexity index is 1650. The Balaban J connectivity index is 1.37. The molecule has 1 spiro atoms. The molecule has 238 valence electrons. The van der Waals surface area contributed by atoms with Crippen LogP contribution < -0.4 is 29.0 Å². The maximum Gasteiger partial charge on any atom is 0.335 e. The molecular weight excluding hydrogens is 590 g/mol. The van der Waals surface area contributed by atoms with Crippen LogP contribution in [0, 0.1) is 0 Å². The van der Waals surface area contributed by atoms with E-state index < -0.39 is 42.3 Å². The SMILES string of the molecule is COc1cc(CCO)c2c(c1OC)O[C@@H]1c3c(-c4ccccc4)cc4c(c3OC[C@@H]21)NC[C@@]1(O4)O[C@H](C(=O)O)[C@@H](O)[C@H](O)[C@H]1O. The normalized spacial score (nSPS) is 29.1. The lowest BCUT2D eigenvalue weighted by Crippen LogP contribution is -2.71. The van der Waals surface area contributed by atoms with E-state index in [0.29, 0.717) is 40.7 Å². The van der Waals surface area contributed by atoms with Crippen molar-refractivity contribution in [1.82, 2.24) is 0 Å². The van der Waals surface area contributed by atoms with E-state index >= 15 is 0 Å². The molecule has 4 aliphatic heterocycles. The standard InChI is InChI=1S/C32H33NO12/c1-40-19-10-15(8-9-34)20-17-12-42-27-21(25(17)43-28(20)26(19)41-2)16(14-6-4-3-5-7-14)11-18-22(27)33-13-32(44-18)30(37)24(36)23(35)29(45-32)31(38)39/h3-7,10-11,17,23-25,29-30,33-37H,8-9,12-13H2,1-2H3,(H,38,39)/t17-,23-,24-,25-,29-,30+,32+/m0/s1. The Kier molecular flexibility index (Phi) is 7.17. The first-order valence-electron chi connectivity index (χ1n) is 14.5. The van der Waals surface area contributed by atoms with Gasteiger partial charge in [-0.05, 0) is 35.2 Å². The van der Waals surface area contributed by atoms with Gasteiger partial charge < -0.3 is 59.3 Å². The van der Waals surface area contributed by atoms with Crippen LogP contribution in [0.15, 0.2) is 42.5 Å². The van der Waals surface area contributed by atoms with Crippen LogP contribution in [0.3, 0.4) is 0 Å². The van der Waals surface area contributed by atoms with Crippen molar-refractivity contribution >= 4 is 11.7 Å². The van der Waals surface area contributed by atoms with Gasteiger partial charge in [-0.3, -0.25) is 0 Å². The van der Waals surface area contributed by atoms with E-state index in [2.05, 4.69) is 5.32 Å². The topological polar surface area (TPSA) is 186 Å². The number of hydrogen-bond acceptors (Lipinski definition) is 12. The third-order valence-corrected chi connectivity index (χ3v) is 8.97. The minimum absolute atomic E-state index is 0.0785. The van der Waals surface area contributed by atoms with Crippen LogP contribution in [0.4, 0.5) is 5.69 Å². The number of ether oxygens (including phenoxy) is 6. The molecule has 0 bridgehead atoms. The molecule has 6 N–H and O–H groups in total. The maximum absolute atomic E-state index is 11.9. The Labute approximate surface area is 257 Å². The largest absolute Gasteiger partial charge is 0.493 e. The number of aliphatic hydroxyl groups excluding tert-OH is 4. The number of anilines is 1. The van der Waals surface area contributed by atoms with E-state index in [9.17, 15) is 30.3 Å². The molecule has 0 amide bonds. The molecule has 3 aromatic rings. The first-order valence-corrected chi connectivity index (χ1v) is 14.5. The first kappa shape index (κ1) is 29.4. The molecule has 0 saturated carbocycles. The summed E-state index contributed by atoms with van der Waals surface area (Å²) in [5.41, 5.74) is 4.34. The Morgan fingerprint density at radius 3 is 2.51 bits per heavy atom. The average molecular weight is 624 g/mol. The molecule has 1 fully saturated rings. The van der Waals surface area contributed by atoms with Crippen LogP contribution >= 0.6 is 0 Å². The molecule has 3 aromatic carbocycles. The predicted molar refractivity (Wildman–Crippen MR) is 156 cm³/mol. The number of nitrogens with one attached hydrogen (secondary N) is 1. The second-order valence-corrected chi connectivity index (χ2v) is 11.4. The van der Waals surface area contributed by atoms with Crippen molar-refractivity contribution in [2.24, 2.45) is 0 Å². The zero-order valence-corrected chi connectivity index (χ0v) is 24.4. The lowest BCUT2D eigenvalue weighted by Gasteiger charge is -2.49. The van der Waals surface area contributed by atoms with E-state index in [0.717, 1.165) is 22.3 Å². The molecule has 4 aliphatic rings. The van der Waals surface area contributed by atoms with Crippen LogP contribution in [0.5, 0.6) is 28.7 Å². The van der Waals surface area contributed by atoms with Crippen molar-refractivity contribution < 1.29 is 58.7 Å². The minimum atomic E-state index is -2.03. The molecular formula is C32H33NO12. The van der Waals surface area contributed by atoms with E-state index in [1.54, 1.807) is 6.07 Å². The smallest absolute Gasteiger partial charge is 0.335 e. The van der Waals surface area contributed by atoms with Crippen molar-refractivity contribution in [3.8, 4) is 39.9 Å². The molecule has 13 nitrogen and oxygen atoms in total. The van der Waals surface area contributed by atoms with Crippen molar-refractivity contribution in [3.63, 3.8) is 0 Å². The van der Waals surface area contributed by atoms with Gasteiger partial charge in [0.2, 0.25) is 5.75 Å². The highest BCUT2D eigenvalue weighted by Crippen LogP contribution is 2.61. The molecule has 7 rings (SSSR count). The van der Waals surface area contributed by atoms with Gasteiger partial charge in [-0.2, -0.15) is 0 Å². The number of benzene rings is 3. The zero-order chi connectivity index (χ0) is 31.6. The monoisotopic (exact) mass is 623 g/mol. The number of methoxy groups -OCH3 is 2. The summed E-state index contributed by atoms with van der Waals surface area (Å²) in [6.07, 6.45) is -7.52. The van der Waals surface area contributed by atoms with Gasteiger partial charge in [0.25, 0.3) is 5.79 Å². The first-order chi connectivity index (χ1) is 21.7. The van der Waals surface area contributed by atoms with Gasteiger partial charge in [0.05, 0.1) is 33.3 Å². The van der Waals surface area contributed by atoms with Gasteiger partial charge in [-0.25, -0.2) is 4.79 Å². The Morgan fingerprint density at radius 1 is 1.04 bits per heavy atom. The molecule has 0 unspecified atom stereocenters. The van der Waals surface area contributed by atoms with Crippen LogP contribution in [0.2, 0.25) is 0 Å². The van der Waals surface area contributed by atoms with Crippen molar-refractivity contribution in [1.29, 1.82) is 0 Å². The number of carboxylic acids is 1. The molecule has 0 aliphatic carbocycles. The Hall–Kier alpha value is -4.27. The number of aliphatic hydroxyl groups is 4. The fourth-order valence-corrected chi connectivity index (χ4v) is 6.87. The average Bonchev–Trinajstić information content (AvgIpc) is 3.45. The summed E-state index contributed by atoms with van der Waals surface area (Å²) in [7, 11) is 3.08. The highest BCUT2D eigenvalue weighted by molar-refractivity contribution is 5.83. The van der Waals surface area contributed by atoms with Crippen molar-refractivity contribution in [2.75, 3.05) is 39.3 Å². The number of fused-ring (bicyclic) bond motifs is 7. The molecule has 7 atom stereocenters. The number of hydrogen-bond donors (Lipinski definition) is 6. The lowest BCUT2D eigenvalue weighted by atomic mass is 9.82. The van der Waals surface area contributed by atoms with Crippen LogP contribution in [0.1, 0.15) is 28.7 Å². The summed E-state index contributed by atoms with van der Waals surface area (Å²) in [5.74, 6) is -1.77. The third-order valence-electron chi connectivity index (χ3n) is 8.97. The molecule has 0 radical (unpaired) electrons. The van der Waals surface area contributed by atoms with E-state index in [1.807, 2.05) is 36.4 Å². The summed E-state index contributed by atoms with van der Waals surface area (Å²) in [5, 5.41) is 54.5. The highest BCUT2D eigenvalue weighted by atomic mass is 16.7. The van der Waals surface area contributed by atoms with Gasteiger partial charge in [0, 0.05) is 17.7 Å². The number of rotatable bonds is 6. The fraction of sp³-hybridized carbons (Fsp3) is 0.406. The second kappa shape index (κ2) is 11.0. The van der Waals surface area contributed by atoms with Gasteiger partial charge in [-0.15, -0.1) is 0 Å². The van der Waals surface area contributed by atoms with Gasteiger partial charge >= 0.3 is 5.97 Å². The predicted octanol–water partition coefficient (Wildman–Crippen LogP) is 1.58. The van der Waals surface area contributed by atoms with Crippen molar-refractivity contribution in [2.45, 2.75) is 48.6 Å². The fourth-order valence-electron chi connectivity index (χ4n) is 6.87. The molecule has 13 heteroatoms. The summed E-state index contributed by atoms with van der Waals surface area (Å²) in [6, 6.07) is 13.0. The quantitative estimate of drug-likeness (QED) is 0.233. The number of aliphatic carboxylic acids is 1. The number of carboxylic acid groups (broad SMARTS) is 1. The van der Waals surface area contributed by atoms with Gasteiger partial charge in [0.1, 0.15) is 30.1 Å². The summed E-state index contributed by atoms with van der Waals surface area (Å²) >= 11 is 0. The molecule has 4 heterocycles. The van der Waals surface area contributed by atoms with Gasteiger partial charge in [0.15, 0.2) is 29.1 Å². The van der Waals surface area contributed by atoms with Crippen LogP contribution in [-0.2, 0) is 16.0 Å². The van der Waals surface area contributed by atoms with Crippen molar-refractivity contribution in [3.05, 3.63) is 59.2 Å². The summed E-state index contributed by atoms with van der Waals surface area (Å²) < 4.78 is 36.4. The summed E-state index contributed by atoms with van der Waals surface area (Å²) in [6.45, 7) is -0.137. The lowest BCUT2D eigenvalue weighted by molar-refractivity contribution is -0.325. The molecule has 0 aromatic heterocycles. The van der Waals surface area contributed by atoms with Crippen LogP contribution in [-0.4, -0.2) is 95.7 Å². The number of carbonyl (C=O) groups is 1. The van der Waals surface area contributed by atoms with Gasteiger partial charge in [-0.1, -0.05) is 30.3 Å². The van der Waals surface area contributed by atoms with Crippen LogP contribution in [0.25, 0.3) is 11.1 Å². The molecule has 45 heavy (non-hydrogen) atoms. The van der Waals surface area contributed by atoms with E-state index in [4.69, 9.17) is 28.4 Å². The van der Waals surface area contributed by atoms with E-state index in [-0.39, 0.29) is 31.4 Å². The molecule has 1 saturated heterocycles. The highest BCUT2D eigenvalue weighted by Gasteiger charge is 2.59. The second-order valence-electron chi connectivity index (χ2n) is 11.4. The minimum Gasteiger partial charge on any atom is -0.493 e. The van der Waals surface area contributed by atoms with E-state index in [1.165, 1.54) is 14.2 Å². The maximum atomic E-state index is 11.9. The Morgan fingerprint density at radius 2 is 1.82 bits per heavy atom. The zero-order valence-electron chi connectivity index (χ0n) is 24.4. The summed E-state index contributed by atoms with van der Waals surface area (Å²) in [4.78, 5) is 11.9. The third kappa shape index (κ3) is 4.37.